The Balaban J connectivity index is 1.45. The first kappa shape index (κ1) is 27.2. The van der Waals surface area contributed by atoms with Crippen LogP contribution in [0.1, 0.15) is 45.2 Å². The van der Waals surface area contributed by atoms with E-state index < -0.39 is 23.9 Å². The van der Waals surface area contributed by atoms with Gasteiger partial charge in [0.1, 0.15) is 5.82 Å². The highest BCUT2D eigenvalue weighted by Gasteiger charge is 2.38. The van der Waals surface area contributed by atoms with Gasteiger partial charge in [-0.3, -0.25) is 19.2 Å². The van der Waals surface area contributed by atoms with Crippen LogP contribution >= 0.6 is 11.3 Å². The molecule has 0 bridgehead atoms. The molecule has 4 N–H and O–H groups in total. The number of terminal acetylenes is 1. The number of carbonyl (C=O) groups excluding carboxylic acids is 4. The SMILES string of the molecule is C#Cc1ccc(NC(=O)C(=O)N[C@H]2CC[C@H](C(=O)N(C)C)C[C@H]2NC(=O)c2[nH+]c3c(s2)CN(C)CC3)nc1. The second kappa shape index (κ2) is 11.7. The summed E-state index contributed by atoms with van der Waals surface area (Å²) in [7, 11) is 5.43. The van der Waals surface area contributed by atoms with Crippen molar-refractivity contribution >= 4 is 40.8 Å². The molecular weight excluding hydrogens is 506 g/mol. The summed E-state index contributed by atoms with van der Waals surface area (Å²) >= 11 is 1.42. The molecule has 3 heterocycles. The molecule has 0 spiro atoms. The number of carbonyl (C=O) groups is 4. The molecule has 1 saturated carbocycles. The summed E-state index contributed by atoms with van der Waals surface area (Å²) in [5, 5.41) is 8.70. The summed E-state index contributed by atoms with van der Waals surface area (Å²) in [5.41, 5.74) is 1.61. The molecule has 1 aliphatic heterocycles. The Kier molecular flexibility index (Phi) is 8.38. The number of likely N-dealkylation sites (N-methyl/N-ethyl adjacent to an activating group) is 1. The topological polar surface area (TPSA) is 138 Å². The quantitative estimate of drug-likeness (QED) is 0.363. The van der Waals surface area contributed by atoms with E-state index >= 15 is 0 Å². The van der Waals surface area contributed by atoms with E-state index in [4.69, 9.17) is 6.42 Å². The lowest BCUT2D eigenvalue weighted by molar-refractivity contribution is -0.388. The number of nitrogens with one attached hydrogen (secondary N) is 4. The van der Waals surface area contributed by atoms with Gasteiger partial charge in [-0.25, -0.2) is 4.98 Å². The number of hydrogen-bond donors (Lipinski definition) is 3. The zero-order chi connectivity index (χ0) is 27.4. The summed E-state index contributed by atoms with van der Waals surface area (Å²) < 4.78 is 0. The highest BCUT2D eigenvalue weighted by atomic mass is 32.1. The zero-order valence-electron chi connectivity index (χ0n) is 21.7. The van der Waals surface area contributed by atoms with Gasteiger partial charge in [0.15, 0.2) is 5.69 Å². The third kappa shape index (κ3) is 6.35. The molecule has 0 unspecified atom stereocenters. The predicted octanol–water partition coefficient (Wildman–Crippen LogP) is 0.0366. The van der Waals surface area contributed by atoms with Gasteiger partial charge in [-0.1, -0.05) is 17.3 Å². The molecular formula is C26H32N7O4S+. The second-order valence-electron chi connectivity index (χ2n) is 9.88. The van der Waals surface area contributed by atoms with Crippen molar-refractivity contribution in [2.45, 2.75) is 44.3 Å². The predicted molar refractivity (Wildman–Crippen MR) is 141 cm³/mol. The van der Waals surface area contributed by atoms with Crippen LogP contribution in [0.4, 0.5) is 5.82 Å². The first-order valence-electron chi connectivity index (χ1n) is 12.4. The minimum atomic E-state index is -0.883. The van der Waals surface area contributed by atoms with E-state index in [-0.39, 0.29) is 23.6 Å². The minimum absolute atomic E-state index is 0.0329. The number of H-pyrrole nitrogens is 1. The van der Waals surface area contributed by atoms with Crippen LogP contribution in [-0.4, -0.2) is 78.2 Å². The summed E-state index contributed by atoms with van der Waals surface area (Å²) in [6, 6.07) is 2.05. The van der Waals surface area contributed by atoms with Gasteiger partial charge < -0.3 is 25.8 Å². The number of anilines is 1. The summed E-state index contributed by atoms with van der Waals surface area (Å²) in [4.78, 5) is 63.3. The Morgan fingerprint density at radius 1 is 1.16 bits per heavy atom. The van der Waals surface area contributed by atoms with Crippen LogP contribution in [0.15, 0.2) is 18.3 Å². The largest absolute Gasteiger partial charge is 0.349 e. The number of rotatable bonds is 5. The molecule has 0 saturated heterocycles. The summed E-state index contributed by atoms with van der Waals surface area (Å²) in [6.07, 6.45) is 8.87. The zero-order valence-corrected chi connectivity index (χ0v) is 22.5. The van der Waals surface area contributed by atoms with E-state index in [0.29, 0.717) is 29.8 Å². The van der Waals surface area contributed by atoms with Crippen molar-refractivity contribution in [1.82, 2.24) is 25.4 Å². The Hall–Kier alpha value is -3.82. The molecule has 2 aliphatic rings. The van der Waals surface area contributed by atoms with Crippen molar-refractivity contribution < 1.29 is 24.2 Å². The average molecular weight is 539 g/mol. The van der Waals surface area contributed by atoms with E-state index in [1.165, 1.54) is 28.5 Å². The number of hydrogen-bond acceptors (Lipinski definition) is 7. The molecule has 200 valence electrons. The van der Waals surface area contributed by atoms with Gasteiger partial charge in [-0.15, -0.1) is 6.42 Å². The maximum absolute atomic E-state index is 13.2. The van der Waals surface area contributed by atoms with E-state index in [9.17, 15) is 19.2 Å². The lowest BCUT2D eigenvalue weighted by atomic mass is 9.81. The monoisotopic (exact) mass is 538 g/mol. The summed E-state index contributed by atoms with van der Waals surface area (Å²) in [5.74, 6) is 0.260. The molecule has 2 aromatic heterocycles. The van der Waals surface area contributed by atoms with Gasteiger partial charge in [0.25, 0.3) is 0 Å². The first-order valence-corrected chi connectivity index (χ1v) is 13.2. The molecule has 4 amide bonds. The number of aromatic nitrogens is 2. The highest BCUT2D eigenvalue weighted by Crippen LogP contribution is 2.27. The number of amides is 4. The normalized spacial score (nSPS) is 20.9. The lowest BCUT2D eigenvalue weighted by Gasteiger charge is -2.36. The van der Waals surface area contributed by atoms with Gasteiger partial charge in [0, 0.05) is 57.3 Å². The molecule has 2 aromatic rings. The van der Waals surface area contributed by atoms with Gasteiger partial charge in [0.05, 0.1) is 10.9 Å². The fourth-order valence-corrected chi connectivity index (χ4v) is 5.90. The van der Waals surface area contributed by atoms with E-state index in [1.807, 2.05) is 7.05 Å². The fraction of sp³-hybridized carbons (Fsp3) is 0.462. The Bertz CT molecular complexity index is 1270. The van der Waals surface area contributed by atoms with Crippen LogP contribution in [0.3, 0.4) is 0 Å². The van der Waals surface area contributed by atoms with E-state index in [1.54, 1.807) is 20.2 Å². The fourth-order valence-electron chi connectivity index (χ4n) is 4.76. The van der Waals surface area contributed by atoms with E-state index in [2.05, 4.69) is 36.7 Å². The number of aromatic amines is 1. The molecule has 38 heavy (non-hydrogen) atoms. The molecule has 0 aromatic carbocycles. The minimum Gasteiger partial charge on any atom is -0.349 e. The third-order valence-electron chi connectivity index (χ3n) is 6.84. The van der Waals surface area contributed by atoms with Crippen LogP contribution in [0.25, 0.3) is 0 Å². The smallest absolute Gasteiger partial charge is 0.327 e. The second-order valence-corrected chi connectivity index (χ2v) is 11.0. The standard InChI is InChI=1S/C26H31N7O4S/c1-5-15-6-9-21(27-13-15)31-23(35)22(34)28-17-8-7-16(26(37)32(2)3)12-19(17)29-24(36)25-30-18-10-11-33(4)14-20(18)38-25/h1,6,9,13,16-17,19H,7-8,10-12,14H2,2-4H3,(H,28,34)(H,29,36)(H,27,31,35)/p+1/t16-,17-,19+/m0/s1. The Morgan fingerprint density at radius 2 is 1.95 bits per heavy atom. The van der Waals surface area contributed by atoms with Crippen LogP contribution in [-0.2, 0) is 27.3 Å². The third-order valence-corrected chi connectivity index (χ3v) is 7.95. The van der Waals surface area contributed by atoms with Crippen molar-refractivity contribution in [3.05, 3.63) is 39.5 Å². The van der Waals surface area contributed by atoms with Crippen molar-refractivity contribution in [2.75, 3.05) is 33.0 Å². The molecule has 1 fully saturated rings. The van der Waals surface area contributed by atoms with Crippen molar-refractivity contribution in [3.8, 4) is 12.3 Å². The number of pyridine rings is 1. The van der Waals surface area contributed by atoms with Crippen molar-refractivity contribution in [3.63, 3.8) is 0 Å². The van der Waals surface area contributed by atoms with Crippen molar-refractivity contribution in [1.29, 1.82) is 0 Å². The van der Waals surface area contributed by atoms with Gasteiger partial charge in [-0.05, 0) is 38.4 Å². The van der Waals surface area contributed by atoms with Gasteiger partial charge >= 0.3 is 22.7 Å². The highest BCUT2D eigenvalue weighted by molar-refractivity contribution is 7.13. The molecule has 4 rings (SSSR count). The van der Waals surface area contributed by atoms with Crippen LogP contribution in [0, 0.1) is 18.3 Å². The molecule has 0 radical (unpaired) electrons. The van der Waals surface area contributed by atoms with Crippen LogP contribution in [0.5, 0.6) is 0 Å². The van der Waals surface area contributed by atoms with Crippen LogP contribution < -0.4 is 20.9 Å². The van der Waals surface area contributed by atoms with Gasteiger partial charge in [-0.2, -0.15) is 4.98 Å². The first-order chi connectivity index (χ1) is 18.1. The number of nitrogens with zero attached hydrogens (tertiary/aromatic N) is 3. The maximum Gasteiger partial charge on any atom is 0.327 e. The molecule has 3 atom stereocenters. The Morgan fingerprint density at radius 3 is 2.63 bits per heavy atom. The number of thiazole rings is 1. The van der Waals surface area contributed by atoms with Crippen LogP contribution in [0.2, 0.25) is 0 Å². The van der Waals surface area contributed by atoms with E-state index in [0.717, 1.165) is 30.1 Å². The Labute approximate surface area is 225 Å². The van der Waals surface area contributed by atoms with Gasteiger partial charge in [0.2, 0.25) is 5.91 Å². The summed E-state index contributed by atoms with van der Waals surface area (Å²) in [6.45, 7) is 1.69. The molecule has 12 heteroatoms. The lowest BCUT2D eigenvalue weighted by Crippen LogP contribution is -2.57. The molecule has 1 aliphatic carbocycles. The maximum atomic E-state index is 13.2. The van der Waals surface area contributed by atoms with Crippen molar-refractivity contribution in [2.24, 2.45) is 5.92 Å². The number of fused-ring (bicyclic) bond motifs is 1. The molecule has 11 nitrogen and oxygen atoms in total. The average Bonchev–Trinajstić information content (AvgIpc) is 3.33.